The Morgan fingerprint density at radius 3 is 2.33 bits per heavy atom. The Bertz CT molecular complexity index is 89.8. The number of hydrogen-bond acceptors (Lipinski definition) is 2. The van der Waals surface area contributed by atoms with Crippen LogP contribution in [0.1, 0.15) is 40.5 Å². The van der Waals surface area contributed by atoms with Crippen LogP contribution in [-0.2, 0) is 4.74 Å². The van der Waals surface area contributed by atoms with Crippen LogP contribution < -0.4 is 5.32 Å². The van der Waals surface area contributed by atoms with Gasteiger partial charge in [0.25, 0.3) is 0 Å². The van der Waals surface area contributed by atoms with Gasteiger partial charge in [0.1, 0.15) is 0 Å². The van der Waals surface area contributed by atoms with E-state index in [0.717, 1.165) is 13.2 Å². The maximum Gasteiger partial charge on any atom is 0.0699 e. The molecule has 2 nitrogen and oxygen atoms in total. The van der Waals surface area contributed by atoms with Crippen molar-refractivity contribution in [2.45, 2.75) is 52.7 Å². The monoisotopic (exact) mass is 173 g/mol. The predicted molar refractivity (Wildman–Crippen MR) is 53.5 cm³/mol. The molecule has 2 heteroatoms. The average Bonchev–Trinajstić information content (AvgIpc) is 2.04. The third-order valence-electron chi connectivity index (χ3n) is 2.06. The van der Waals surface area contributed by atoms with Gasteiger partial charge in [0.2, 0.25) is 0 Å². The van der Waals surface area contributed by atoms with Crippen molar-refractivity contribution >= 4 is 0 Å². The van der Waals surface area contributed by atoms with E-state index in [1.165, 1.54) is 12.8 Å². The van der Waals surface area contributed by atoms with E-state index in [1.54, 1.807) is 0 Å². The molecule has 0 aromatic rings. The summed E-state index contributed by atoms with van der Waals surface area (Å²) in [5.74, 6) is 0. The van der Waals surface area contributed by atoms with Crippen LogP contribution in [0, 0.1) is 0 Å². The molecule has 12 heavy (non-hydrogen) atoms. The van der Waals surface area contributed by atoms with Crippen molar-refractivity contribution in [3.63, 3.8) is 0 Å². The molecule has 0 aliphatic carbocycles. The lowest BCUT2D eigenvalue weighted by molar-refractivity contribution is 0.0455. The zero-order valence-corrected chi connectivity index (χ0v) is 8.89. The van der Waals surface area contributed by atoms with Crippen molar-refractivity contribution in [3.8, 4) is 0 Å². The van der Waals surface area contributed by atoms with Crippen molar-refractivity contribution in [2.24, 2.45) is 0 Å². The number of hydrogen-bond donors (Lipinski definition) is 1. The lowest BCUT2D eigenvalue weighted by Gasteiger charge is -2.24. The average molecular weight is 173 g/mol. The van der Waals surface area contributed by atoms with E-state index in [2.05, 4.69) is 26.1 Å². The highest BCUT2D eigenvalue weighted by Crippen LogP contribution is 2.05. The first kappa shape index (κ1) is 11.9. The molecule has 0 radical (unpaired) electrons. The van der Waals surface area contributed by atoms with Gasteiger partial charge in [-0.25, -0.2) is 0 Å². The fourth-order valence-corrected chi connectivity index (χ4v) is 1.45. The molecule has 2 atom stereocenters. The van der Waals surface area contributed by atoms with Crippen LogP contribution in [0.4, 0.5) is 0 Å². The maximum atomic E-state index is 5.55. The molecule has 74 valence electrons. The zero-order chi connectivity index (χ0) is 9.40. The molecule has 0 aliphatic heterocycles. The molecule has 0 heterocycles. The van der Waals surface area contributed by atoms with E-state index in [9.17, 15) is 0 Å². The minimum atomic E-state index is 0.342. The van der Waals surface area contributed by atoms with Gasteiger partial charge in [0.15, 0.2) is 0 Å². The van der Waals surface area contributed by atoms with Gasteiger partial charge in [-0.2, -0.15) is 0 Å². The van der Waals surface area contributed by atoms with Gasteiger partial charge in [-0.3, -0.25) is 0 Å². The van der Waals surface area contributed by atoms with Crippen molar-refractivity contribution in [2.75, 3.05) is 13.2 Å². The molecule has 0 aliphatic rings. The standard InChI is InChI=1S/C10H23NO/c1-5-8-10(11-6-2)9(4)12-7-3/h9-11H,5-8H2,1-4H3. The second-order valence-corrected chi connectivity index (χ2v) is 3.11. The lowest BCUT2D eigenvalue weighted by atomic mass is 10.1. The highest BCUT2D eigenvalue weighted by Gasteiger charge is 2.14. The van der Waals surface area contributed by atoms with Gasteiger partial charge in [-0.1, -0.05) is 20.3 Å². The van der Waals surface area contributed by atoms with Crippen LogP contribution in [0.25, 0.3) is 0 Å². The summed E-state index contributed by atoms with van der Waals surface area (Å²) in [6, 6.07) is 0.528. The van der Waals surface area contributed by atoms with Crippen LogP contribution in [0.5, 0.6) is 0 Å². The topological polar surface area (TPSA) is 21.3 Å². The minimum Gasteiger partial charge on any atom is -0.377 e. The molecule has 0 amide bonds. The summed E-state index contributed by atoms with van der Waals surface area (Å²) in [6.07, 6.45) is 2.76. The van der Waals surface area contributed by atoms with Gasteiger partial charge in [0, 0.05) is 12.6 Å². The summed E-state index contributed by atoms with van der Waals surface area (Å²) in [5.41, 5.74) is 0. The van der Waals surface area contributed by atoms with Gasteiger partial charge in [-0.05, 0) is 26.8 Å². The molecule has 0 rings (SSSR count). The van der Waals surface area contributed by atoms with Crippen LogP contribution in [0.15, 0.2) is 0 Å². The first-order chi connectivity index (χ1) is 5.76. The molecular weight excluding hydrogens is 150 g/mol. The molecule has 1 N–H and O–H groups in total. The highest BCUT2D eigenvalue weighted by atomic mass is 16.5. The quantitative estimate of drug-likeness (QED) is 0.637. The molecular formula is C10H23NO. The van der Waals surface area contributed by atoms with Gasteiger partial charge < -0.3 is 10.1 Å². The predicted octanol–water partition coefficient (Wildman–Crippen LogP) is 2.19. The third kappa shape index (κ3) is 4.73. The Morgan fingerprint density at radius 2 is 1.92 bits per heavy atom. The van der Waals surface area contributed by atoms with E-state index in [0.29, 0.717) is 12.1 Å². The Hall–Kier alpha value is -0.0800. The molecule has 2 unspecified atom stereocenters. The van der Waals surface area contributed by atoms with Crippen molar-refractivity contribution < 1.29 is 4.74 Å². The largest absolute Gasteiger partial charge is 0.377 e. The summed E-state index contributed by atoms with van der Waals surface area (Å²) in [5, 5.41) is 3.44. The van der Waals surface area contributed by atoms with Crippen LogP contribution in [-0.4, -0.2) is 25.3 Å². The summed E-state index contributed by atoms with van der Waals surface area (Å²) < 4.78 is 5.55. The van der Waals surface area contributed by atoms with Crippen molar-refractivity contribution in [1.29, 1.82) is 0 Å². The highest BCUT2D eigenvalue weighted by molar-refractivity contribution is 4.72. The molecule has 0 fully saturated rings. The van der Waals surface area contributed by atoms with E-state index >= 15 is 0 Å². The molecule has 0 bridgehead atoms. The van der Waals surface area contributed by atoms with Crippen LogP contribution in [0.2, 0.25) is 0 Å². The number of likely N-dealkylation sites (N-methyl/N-ethyl adjacent to an activating group) is 1. The summed E-state index contributed by atoms with van der Waals surface area (Å²) in [4.78, 5) is 0. The van der Waals surface area contributed by atoms with Crippen LogP contribution in [0.3, 0.4) is 0 Å². The second-order valence-electron chi connectivity index (χ2n) is 3.11. The molecule has 0 aromatic carbocycles. The van der Waals surface area contributed by atoms with Crippen molar-refractivity contribution in [1.82, 2.24) is 5.32 Å². The Balaban J connectivity index is 3.72. The summed E-state index contributed by atoms with van der Waals surface area (Å²) in [6.45, 7) is 10.4. The third-order valence-corrected chi connectivity index (χ3v) is 2.06. The van der Waals surface area contributed by atoms with E-state index in [1.807, 2.05) is 6.92 Å². The SMILES string of the molecule is CCCC(NCC)C(C)OCC. The van der Waals surface area contributed by atoms with Gasteiger partial charge in [-0.15, -0.1) is 0 Å². The summed E-state index contributed by atoms with van der Waals surface area (Å²) in [7, 11) is 0. The fraction of sp³-hybridized carbons (Fsp3) is 1.00. The Labute approximate surface area is 76.7 Å². The first-order valence-electron chi connectivity index (χ1n) is 5.11. The molecule has 0 aromatic heterocycles. The Kier molecular flexibility index (Phi) is 7.51. The Morgan fingerprint density at radius 1 is 1.25 bits per heavy atom. The number of ether oxygens (including phenoxy) is 1. The van der Waals surface area contributed by atoms with Gasteiger partial charge >= 0.3 is 0 Å². The smallest absolute Gasteiger partial charge is 0.0699 e. The number of nitrogens with one attached hydrogen (secondary N) is 1. The minimum absolute atomic E-state index is 0.342. The maximum absolute atomic E-state index is 5.55. The van der Waals surface area contributed by atoms with E-state index in [4.69, 9.17) is 4.74 Å². The van der Waals surface area contributed by atoms with E-state index in [-0.39, 0.29) is 0 Å². The first-order valence-corrected chi connectivity index (χ1v) is 5.11. The van der Waals surface area contributed by atoms with Crippen LogP contribution >= 0.6 is 0 Å². The normalized spacial score (nSPS) is 16.0. The molecule has 0 saturated carbocycles. The molecule has 0 spiro atoms. The fourth-order valence-electron chi connectivity index (χ4n) is 1.45. The summed E-state index contributed by atoms with van der Waals surface area (Å²) >= 11 is 0. The van der Waals surface area contributed by atoms with E-state index < -0.39 is 0 Å². The molecule has 0 saturated heterocycles. The number of rotatable bonds is 7. The zero-order valence-electron chi connectivity index (χ0n) is 8.89. The van der Waals surface area contributed by atoms with Crippen molar-refractivity contribution in [3.05, 3.63) is 0 Å². The van der Waals surface area contributed by atoms with Gasteiger partial charge in [0.05, 0.1) is 6.10 Å². The lowest BCUT2D eigenvalue weighted by Crippen LogP contribution is -2.39. The second kappa shape index (κ2) is 7.56.